The summed E-state index contributed by atoms with van der Waals surface area (Å²) in [5, 5.41) is 3.04. The van der Waals surface area contributed by atoms with Crippen LogP contribution in [-0.4, -0.2) is 48.3 Å². The van der Waals surface area contributed by atoms with Gasteiger partial charge in [0, 0.05) is 0 Å². The van der Waals surface area contributed by atoms with Crippen molar-refractivity contribution in [1.29, 1.82) is 0 Å². The van der Waals surface area contributed by atoms with E-state index in [4.69, 9.17) is 11.5 Å². The summed E-state index contributed by atoms with van der Waals surface area (Å²) in [6, 6.07) is -0.367. The van der Waals surface area contributed by atoms with Gasteiger partial charge in [0.1, 0.15) is 0 Å². The predicted molar refractivity (Wildman–Crippen MR) is 60.5 cm³/mol. The smallest absolute Gasteiger partial charge is 0.240 e. The molecule has 0 aromatic heterocycles. The Balaban J connectivity index is 2.70. The van der Waals surface area contributed by atoms with Gasteiger partial charge in [-0.1, -0.05) is 6.92 Å². The van der Waals surface area contributed by atoms with Crippen LogP contribution in [0.25, 0.3) is 0 Å². The molecule has 1 aliphatic heterocycles. The maximum absolute atomic E-state index is 12.1. The lowest BCUT2D eigenvalue weighted by molar-refractivity contribution is -0.140. The van der Waals surface area contributed by atoms with Gasteiger partial charge in [0.05, 0.1) is 19.1 Å². The molecule has 0 saturated carbocycles. The molecule has 1 aliphatic rings. The molecule has 2 atom stereocenters. The van der Waals surface area contributed by atoms with Crippen molar-refractivity contribution in [3.63, 3.8) is 0 Å². The van der Waals surface area contributed by atoms with Gasteiger partial charge in [-0.05, 0) is 18.9 Å². The van der Waals surface area contributed by atoms with E-state index in [1.54, 1.807) is 0 Å². The van der Waals surface area contributed by atoms with Gasteiger partial charge in [-0.15, -0.1) is 0 Å². The fourth-order valence-corrected chi connectivity index (χ4v) is 1.95. The Kier molecular flexibility index (Phi) is 4.45. The Morgan fingerprint density at radius 1 is 1.24 bits per heavy atom. The Labute approximate surface area is 99.5 Å². The molecule has 96 valence electrons. The number of amides is 3. The molecule has 0 radical (unpaired) electrons. The van der Waals surface area contributed by atoms with Crippen molar-refractivity contribution in [2.75, 3.05) is 19.6 Å². The van der Waals surface area contributed by atoms with E-state index in [0.29, 0.717) is 0 Å². The van der Waals surface area contributed by atoms with Crippen molar-refractivity contribution in [2.24, 2.45) is 17.4 Å². The summed E-state index contributed by atoms with van der Waals surface area (Å²) in [7, 11) is 0. The van der Waals surface area contributed by atoms with Crippen LogP contribution < -0.4 is 16.8 Å². The fraction of sp³-hybridized carbons (Fsp3) is 0.700. The monoisotopic (exact) mass is 242 g/mol. The summed E-state index contributed by atoms with van der Waals surface area (Å²) >= 11 is 0. The summed E-state index contributed by atoms with van der Waals surface area (Å²) in [5.41, 5.74) is 10.1. The average molecular weight is 242 g/mol. The van der Waals surface area contributed by atoms with Gasteiger partial charge in [0.25, 0.3) is 0 Å². The highest BCUT2D eigenvalue weighted by Crippen LogP contribution is 2.16. The van der Waals surface area contributed by atoms with Crippen LogP contribution in [0.1, 0.15) is 13.3 Å². The van der Waals surface area contributed by atoms with Gasteiger partial charge in [0.15, 0.2) is 0 Å². The van der Waals surface area contributed by atoms with Gasteiger partial charge < -0.3 is 21.7 Å². The van der Waals surface area contributed by atoms with Crippen molar-refractivity contribution in [1.82, 2.24) is 10.2 Å². The van der Waals surface area contributed by atoms with Gasteiger partial charge in [-0.2, -0.15) is 0 Å². The first-order valence-corrected chi connectivity index (χ1v) is 5.50. The molecule has 0 aromatic rings. The second-order valence-corrected chi connectivity index (χ2v) is 4.32. The summed E-state index contributed by atoms with van der Waals surface area (Å²) in [6.45, 7) is 2.12. The number of nitrogens with two attached hydrogens (primary N) is 2. The molecule has 5 N–H and O–H groups in total. The zero-order chi connectivity index (χ0) is 13.0. The van der Waals surface area contributed by atoms with E-state index in [1.165, 1.54) is 0 Å². The number of carbonyl (C=O) groups excluding carboxylic acids is 3. The van der Waals surface area contributed by atoms with E-state index >= 15 is 0 Å². The maximum atomic E-state index is 12.1. The summed E-state index contributed by atoms with van der Waals surface area (Å²) in [6.07, 6.45) is 0.886. The molecule has 1 fully saturated rings. The fourth-order valence-electron chi connectivity index (χ4n) is 1.95. The normalized spacial score (nSPS) is 23.4. The summed E-state index contributed by atoms with van der Waals surface area (Å²) in [5.74, 6) is -1.45. The zero-order valence-corrected chi connectivity index (χ0v) is 9.81. The number of rotatable bonds is 5. The van der Waals surface area contributed by atoms with Crippen LogP contribution in [0.5, 0.6) is 0 Å². The van der Waals surface area contributed by atoms with Crippen molar-refractivity contribution >= 4 is 17.7 Å². The topological polar surface area (TPSA) is 119 Å². The van der Waals surface area contributed by atoms with Crippen LogP contribution in [0.15, 0.2) is 0 Å². The predicted octanol–water partition coefficient (Wildman–Crippen LogP) is -2.22. The lowest BCUT2D eigenvalue weighted by Crippen LogP contribution is -2.51. The quantitative estimate of drug-likeness (QED) is 0.506. The van der Waals surface area contributed by atoms with Gasteiger partial charge in [0.2, 0.25) is 17.7 Å². The van der Waals surface area contributed by atoms with E-state index < -0.39 is 11.8 Å². The minimum absolute atomic E-state index is 0.172. The SMILES string of the molecule is CC1CCNC1C(=O)N(CC(N)=O)CC(N)=O. The second-order valence-electron chi connectivity index (χ2n) is 4.32. The number of primary amides is 2. The molecule has 7 heteroatoms. The van der Waals surface area contributed by atoms with E-state index in [-0.39, 0.29) is 31.0 Å². The van der Waals surface area contributed by atoms with E-state index in [0.717, 1.165) is 17.9 Å². The molecule has 1 saturated heterocycles. The van der Waals surface area contributed by atoms with Crippen LogP contribution in [0, 0.1) is 5.92 Å². The lowest BCUT2D eigenvalue weighted by Gasteiger charge is -2.25. The highest BCUT2D eigenvalue weighted by molar-refractivity contribution is 5.90. The molecule has 0 aromatic carbocycles. The highest BCUT2D eigenvalue weighted by Gasteiger charge is 2.33. The van der Waals surface area contributed by atoms with Gasteiger partial charge >= 0.3 is 0 Å². The van der Waals surface area contributed by atoms with Crippen molar-refractivity contribution in [3.05, 3.63) is 0 Å². The first kappa shape index (κ1) is 13.4. The average Bonchev–Trinajstić information content (AvgIpc) is 2.61. The molecule has 1 rings (SSSR count). The number of nitrogens with zero attached hydrogens (tertiary/aromatic N) is 1. The molecule has 17 heavy (non-hydrogen) atoms. The van der Waals surface area contributed by atoms with Crippen molar-refractivity contribution in [2.45, 2.75) is 19.4 Å². The third kappa shape index (κ3) is 3.70. The minimum Gasteiger partial charge on any atom is -0.368 e. The molecule has 3 amide bonds. The molecular weight excluding hydrogens is 224 g/mol. The Bertz CT molecular complexity index is 316. The molecule has 7 nitrogen and oxygen atoms in total. The first-order valence-electron chi connectivity index (χ1n) is 5.50. The van der Waals surface area contributed by atoms with Crippen LogP contribution >= 0.6 is 0 Å². The van der Waals surface area contributed by atoms with Crippen LogP contribution in [0.4, 0.5) is 0 Å². The maximum Gasteiger partial charge on any atom is 0.240 e. The van der Waals surface area contributed by atoms with Crippen LogP contribution in [0.2, 0.25) is 0 Å². The summed E-state index contributed by atoms with van der Waals surface area (Å²) in [4.78, 5) is 34.9. The second kappa shape index (κ2) is 5.62. The molecule has 2 unspecified atom stereocenters. The molecule has 0 bridgehead atoms. The summed E-state index contributed by atoms with van der Waals surface area (Å²) < 4.78 is 0. The third-order valence-electron chi connectivity index (χ3n) is 2.80. The highest BCUT2D eigenvalue weighted by atomic mass is 16.2. The van der Waals surface area contributed by atoms with Crippen molar-refractivity contribution in [3.8, 4) is 0 Å². The molecule has 0 aliphatic carbocycles. The number of hydrogen-bond acceptors (Lipinski definition) is 4. The number of carbonyl (C=O) groups is 3. The lowest BCUT2D eigenvalue weighted by atomic mass is 10.0. The van der Waals surface area contributed by atoms with Crippen LogP contribution in [0.3, 0.4) is 0 Å². The Morgan fingerprint density at radius 3 is 2.12 bits per heavy atom. The Morgan fingerprint density at radius 2 is 1.76 bits per heavy atom. The van der Waals surface area contributed by atoms with Crippen LogP contribution in [-0.2, 0) is 14.4 Å². The zero-order valence-electron chi connectivity index (χ0n) is 9.81. The largest absolute Gasteiger partial charge is 0.368 e. The van der Waals surface area contributed by atoms with E-state index in [1.807, 2.05) is 6.92 Å². The van der Waals surface area contributed by atoms with Gasteiger partial charge in [-0.3, -0.25) is 14.4 Å². The molecular formula is C10H18N4O3. The minimum atomic E-state index is -0.662. The van der Waals surface area contributed by atoms with E-state index in [9.17, 15) is 14.4 Å². The standard InChI is InChI=1S/C10H18N4O3/c1-6-2-3-13-9(6)10(17)14(4-7(11)15)5-8(12)16/h6,9,13H,2-5H2,1H3,(H2,11,15)(H2,12,16). The Hall–Kier alpha value is -1.63. The number of nitrogens with one attached hydrogen (secondary N) is 1. The first-order chi connectivity index (χ1) is 7.91. The number of hydrogen-bond donors (Lipinski definition) is 3. The molecule has 0 spiro atoms. The molecule has 1 heterocycles. The van der Waals surface area contributed by atoms with E-state index in [2.05, 4.69) is 5.32 Å². The van der Waals surface area contributed by atoms with Crippen molar-refractivity contribution < 1.29 is 14.4 Å². The third-order valence-corrected chi connectivity index (χ3v) is 2.80. The van der Waals surface area contributed by atoms with Gasteiger partial charge in [-0.25, -0.2) is 0 Å².